The van der Waals surface area contributed by atoms with Crippen molar-refractivity contribution in [1.82, 2.24) is 15.5 Å². The number of nitrogens with one attached hydrogen (secondary N) is 1. The summed E-state index contributed by atoms with van der Waals surface area (Å²) in [7, 11) is 6.38. The number of benzene rings is 1. The minimum absolute atomic E-state index is 0.0587. The minimum atomic E-state index is -0.180. The van der Waals surface area contributed by atoms with Gasteiger partial charge in [0.2, 0.25) is 27.8 Å². The van der Waals surface area contributed by atoms with E-state index in [1.807, 2.05) is 0 Å². The first-order valence-corrected chi connectivity index (χ1v) is 10.2. The first-order valence-electron chi connectivity index (χ1n) is 9.37. The summed E-state index contributed by atoms with van der Waals surface area (Å²) in [6.45, 7) is 1.06. The number of carbonyl (C=O) groups is 2. The number of hydrogen-bond donors (Lipinski definition) is 1. The average Bonchev–Trinajstić information content (AvgIpc) is 3.40. The predicted octanol–water partition coefficient (Wildman–Crippen LogP) is 1.44. The van der Waals surface area contributed by atoms with Gasteiger partial charge >= 0.3 is 0 Å². The second-order valence-corrected chi connectivity index (χ2v) is 7.62. The molecule has 0 spiro atoms. The molecule has 0 radical (unpaired) electrons. The van der Waals surface area contributed by atoms with E-state index in [0.29, 0.717) is 47.0 Å². The second kappa shape index (κ2) is 9.61. The molecule has 0 bridgehead atoms. The standard InChI is InChI=1S/C19H25N5O5S/c1-23(18-21-22-19(30-18)24-7-5-6-16(24)26)11-15(25)20-10-12-8-13(27-2)17(29-4)14(9-12)28-3/h8-9H,5-7,10-11H2,1-4H3,(H,20,25). The third-order valence-corrected chi connectivity index (χ3v) is 5.69. The van der Waals surface area contributed by atoms with Crippen molar-refractivity contribution in [3.63, 3.8) is 0 Å². The van der Waals surface area contributed by atoms with E-state index in [0.717, 1.165) is 12.0 Å². The van der Waals surface area contributed by atoms with Gasteiger partial charge in [-0.2, -0.15) is 0 Å². The van der Waals surface area contributed by atoms with Gasteiger partial charge in [0.25, 0.3) is 0 Å². The van der Waals surface area contributed by atoms with Gasteiger partial charge in [-0.15, -0.1) is 10.2 Å². The van der Waals surface area contributed by atoms with Crippen LogP contribution in [0.4, 0.5) is 10.3 Å². The van der Waals surface area contributed by atoms with Gasteiger partial charge < -0.3 is 24.4 Å². The maximum atomic E-state index is 12.4. The highest BCUT2D eigenvalue weighted by atomic mass is 32.1. The van der Waals surface area contributed by atoms with Gasteiger partial charge in [0.15, 0.2) is 11.5 Å². The Labute approximate surface area is 178 Å². The van der Waals surface area contributed by atoms with Crippen LogP contribution in [0.25, 0.3) is 0 Å². The van der Waals surface area contributed by atoms with Crippen molar-refractivity contribution in [3.05, 3.63) is 17.7 Å². The fraction of sp³-hybridized carbons (Fsp3) is 0.474. The summed E-state index contributed by atoms with van der Waals surface area (Å²) in [5, 5.41) is 12.2. The molecule has 1 N–H and O–H groups in total. The first-order chi connectivity index (χ1) is 14.5. The van der Waals surface area contributed by atoms with E-state index in [1.165, 1.54) is 18.4 Å². The molecular formula is C19H25N5O5S. The van der Waals surface area contributed by atoms with Crippen molar-refractivity contribution in [2.75, 3.05) is 51.3 Å². The number of ether oxygens (including phenoxy) is 3. The smallest absolute Gasteiger partial charge is 0.239 e. The van der Waals surface area contributed by atoms with Gasteiger partial charge in [-0.3, -0.25) is 14.5 Å². The number of rotatable bonds is 9. The van der Waals surface area contributed by atoms with Crippen LogP contribution in [0.15, 0.2) is 12.1 Å². The molecule has 1 aromatic heterocycles. The van der Waals surface area contributed by atoms with E-state index >= 15 is 0 Å². The van der Waals surface area contributed by atoms with Crippen LogP contribution in [0.5, 0.6) is 17.2 Å². The number of methoxy groups -OCH3 is 3. The van der Waals surface area contributed by atoms with Crippen LogP contribution in [-0.4, -0.2) is 63.5 Å². The van der Waals surface area contributed by atoms with Crippen LogP contribution < -0.4 is 29.3 Å². The van der Waals surface area contributed by atoms with Crippen molar-refractivity contribution >= 4 is 33.4 Å². The van der Waals surface area contributed by atoms with E-state index in [-0.39, 0.29) is 18.4 Å². The number of carbonyl (C=O) groups excluding carboxylic acids is 2. The Morgan fingerprint density at radius 3 is 2.47 bits per heavy atom. The monoisotopic (exact) mass is 435 g/mol. The fourth-order valence-corrected chi connectivity index (χ4v) is 3.95. The normalized spacial score (nSPS) is 13.3. The zero-order valence-electron chi connectivity index (χ0n) is 17.4. The Morgan fingerprint density at radius 1 is 1.20 bits per heavy atom. The Morgan fingerprint density at radius 2 is 1.90 bits per heavy atom. The summed E-state index contributed by atoms with van der Waals surface area (Å²) in [4.78, 5) is 27.6. The highest BCUT2D eigenvalue weighted by Crippen LogP contribution is 2.38. The summed E-state index contributed by atoms with van der Waals surface area (Å²) < 4.78 is 16.0. The van der Waals surface area contributed by atoms with Crippen LogP contribution in [0.3, 0.4) is 0 Å². The molecule has 0 saturated carbocycles. The van der Waals surface area contributed by atoms with Gasteiger partial charge in [0, 0.05) is 26.6 Å². The Balaban J connectivity index is 1.58. The van der Waals surface area contributed by atoms with Gasteiger partial charge in [-0.1, -0.05) is 11.3 Å². The first kappa shape index (κ1) is 21.6. The van der Waals surface area contributed by atoms with Crippen LogP contribution in [0.2, 0.25) is 0 Å². The molecule has 0 aliphatic carbocycles. The molecule has 1 saturated heterocycles. The van der Waals surface area contributed by atoms with E-state index in [1.54, 1.807) is 43.2 Å². The van der Waals surface area contributed by atoms with Crippen molar-refractivity contribution in [1.29, 1.82) is 0 Å². The SMILES string of the molecule is COc1cc(CNC(=O)CN(C)c2nnc(N3CCCC3=O)s2)cc(OC)c1OC. The summed E-state index contributed by atoms with van der Waals surface area (Å²) >= 11 is 1.29. The maximum Gasteiger partial charge on any atom is 0.239 e. The molecule has 30 heavy (non-hydrogen) atoms. The number of anilines is 2. The molecule has 2 amide bonds. The quantitative estimate of drug-likeness (QED) is 0.631. The van der Waals surface area contributed by atoms with Crippen LogP contribution in [-0.2, 0) is 16.1 Å². The van der Waals surface area contributed by atoms with Gasteiger partial charge in [0.05, 0.1) is 27.9 Å². The molecule has 10 nitrogen and oxygen atoms in total. The van der Waals surface area contributed by atoms with Crippen LogP contribution in [0, 0.1) is 0 Å². The summed E-state index contributed by atoms with van der Waals surface area (Å²) in [6.07, 6.45) is 1.36. The van der Waals surface area contributed by atoms with Crippen molar-refractivity contribution in [3.8, 4) is 17.2 Å². The molecule has 0 atom stereocenters. The van der Waals surface area contributed by atoms with Gasteiger partial charge in [-0.05, 0) is 24.1 Å². The number of aromatic nitrogens is 2. The summed E-state index contributed by atoms with van der Waals surface area (Å²) in [6, 6.07) is 3.57. The molecule has 3 rings (SSSR count). The lowest BCUT2D eigenvalue weighted by molar-refractivity contribution is -0.120. The molecule has 0 unspecified atom stereocenters. The molecule has 1 aliphatic rings. The molecule has 1 fully saturated rings. The van der Waals surface area contributed by atoms with Crippen molar-refractivity contribution in [2.45, 2.75) is 19.4 Å². The highest BCUT2D eigenvalue weighted by molar-refractivity contribution is 7.19. The molecule has 1 aromatic carbocycles. The third-order valence-electron chi connectivity index (χ3n) is 4.63. The topological polar surface area (TPSA) is 106 Å². The molecule has 1 aliphatic heterocycles. The third kappa shape index (κ3) is 4.73. The lowest BCUT2D eigenvalue weighted by Gasteiger charge is -2.16. The van der Waals surface area contributed by atoms with E-state index in [4.69, 9.17) is 14.2 Å². The molecule has 11 heteroatoms. The Hall–Kier alpha value is -3.08. The summed E-state index contributed by atoms with van der Waals surface area (Å²) in [5.41, 5.74) is 0.811. The number of hydrogen-bond acceptors (Lipinski definition) is 9. The number of likely N-dealkylation sites (N-methyl/N-ethyl adjacent to an activating group) is 1. The van der Waals surface area contributed by atoms with E-state index < -0.39 is 0 Å². The lowest BCUT2D eigenvalue weighted by Crippen LogP contribution is -2.34. The molecular weight excluding hydrogens is 410 g/mol. The molecule has 2 aromatic rings. The second-order valence-electron chi connectivity index (χ2n) is 6.68. The van der Waals surface area contributed by atoms with Gasteiger partial charge in [-0.25, -0.2) is 0 Å². The van der Waals surface area contributed by atoms with Crippen LogP contribution >= 0.6 is 11.3 Å². The predicted molar refractivity (Wildman–Crippen MR) is 113 cm³/mol. The average molecular weight is 436 g/mol. The fourth-order valence-electron chi connectivity index (χ4n) is 3.10. The van der Waals surface area contributed by atoms with Gasteiger partial charge in [0.1, 0.15) is 0 Å². The highest BCUT2D eigenvalue weighted by Gasteiger charge is 2.25. The Bertz CT molecular complexity index is 893. The minimum Gasteiger partial charge on any atom is -0.493 e. The summed E-state index contributed by atoms with van der Waals surface area (Å²) in [5.74, 6) is 1.43. The largest absolute Gasteiger partial charge is 0.493 e. The Kier molecular flexibility index (Phi) is 6.93. The zero-order chi connectivity index (χ0) is 21.7. The number of amides is 2. The van der Waals surface area contributed by atoms with Crippen LogP contribution in [0.1, 0.15) is 18.4 Å². The lowest BCUT2D eigenvalue weighted by atomic mass is 10.1. The maximum absolute atomic E-state index is 12.4. The van der Waals surface area contributed by atoms with E-state index in [2.05, 4.69) is 15.5 Å². The molecule has 162 valence electrons. The van der Waals surface area contributed by atoms with E-state index in [9.17, 15) is 9.59 Å². The van der Waals surface area contributed by atoms with Crippen molar-refractivity contribution < 1.29 is 23.8 Å². The zero-order valence-corrected chi connectivity index (χ0v) is 18.2. The molecule has 2 heterocycles. The van der Waals surface area contributed by atoms with Crippen molar-refractivity contribution in [2.24, 2.45) is 0 Å². The number of nitrogens with zero attached hydrogens (tertiary/aromatic N) is 4.